The van der Waals surface area contributed by atoms with Crippen LogP contribution in [0, 0.1) is 5.92 Å². The molecule has 0 radical (unpaired) electrons. The normalized spacial score (nSPS) is 21.0. The summed E-state index contributed by atoms with van der Waals surface area (Å²) in [6.45, 7) is 6.27. The summed E-state index contributed by atoms with van der Waals surface area (Å²) in [5.74, 6) is 0.544. The molecule has 0 aromatic heterocycles. The Bertz CT molecular complexity index is 674. The Hall–Kier alpha value is -1.44. The summed E-state index contributed by atoms with van der Waals surface area (Å²) in [5.41, 5.74) is 0.545. The van der Waals surface area contributed by atoms with Crippen LogP contribution in [0.1, 0.15) is 30.1 Å². The lowest BCUT2D eigenvalue weighted by molar-refractivity contribution is 0.0735. The summed E-state index contributed by atoms with van der Waals surface area (Å²) in [4.78, 5) is 14.5. The monoisotopic (exact) mass is 351 g/mol. The first-order chi connectivity index (χ1) is 11.5. The number of benzene rings is 1. The van der Waals surface area contributed by atoms with E-state index >= 15 is 0 Å². The summed E-state index contributed by atoms with van der Waals surface area (Å²) >= 11 is 0. The maximum absolute atomic E-state index is 12.7. The van der Waals surface area contributed by atoms with Crippen molar-refractivity contribution in [3.63, 3.8) is 0 Å². The summed E-state index contributed by atoms with van der Waals surface area (Å²) in [7, 11) is -3.45. The number of amides is 1. The number of piperidine rings is 1. The molecule has 2 fully saturated rings. The van der Waals surface area contributed by atoms with Gasteiger partial charge in [-0.15, -0.1) is 0 Å². The zero-order valence-electron chi connectivity index (χ0n) is 14.1. The molecule has 2 saturated heterocycles. The third kappa shape index (κ3) is 3.63. The maximum Gasteiger partial charge on any atom is 0.253 e. The standard InChI is InChI=1S/C17H25N3O3S/c1-14-6-10-20(11-7-14)24(22,23)16-4-2-15(3-5-16)17(21)19-12-8-18-9-13-19/h2-5,14,18H,6-13H2,1H3. The van der Waals surface area contributed by atoms with Gasteiger partial charge in [0.2, 0.25) is 10.0 Å². The fourth-order valence-corrected chi connectivity index (χ4v) is 4.66. The van der Waals surface area contributed by atoms with Gasteiger partial charge in [0.1, 0.15) is 0 Å². The average Bonchev–Trinajstić information content (AvgIpc) is 2.62. The Labute approximate surface area is 143 Å². The van der Waals surface area contributed by atoms with Crippen molar-refractivity contribution in [1.29, 1.82) is 0 Å². The molecule has 3 rings (SSSR count). The van der Waals surface area contributed by atoms with Crippen LogP contribution in [-0.2, 0) is 10.0 Å². The summed E-state index contributed by atoms with van der Waals surface area (Å²) < 4.78 is 27.0. The van der Waals surface area contributed by atoms with Gasteiger partial charge in [0.25, 0.3) is 5.91 Å². The third-order valence-electron chi connectivity index (χ3n) is 4.89. The molecule has 2 aliphatic rings. The lowest BCUT2D eigenvalue weighted by atomic mass is 10.0. The number of nitrogens with one attached hydrogen (secondary N) is 1. The minimum Gasteiger partial charge on any atom is -0.336 e. The molecule has 2 heterocycles. The van der Waals surface area contributed by atoms with Crippen LogP contribution in [0.4, 0.5) is 0 Å². The van der Waals surface area contributed by atoms with Gasteiger partial charge in [-0.05, 0) is 43.0 Å². The van der Waals surface area contributed by atoms with Crippen LogP contribution in [-0.4, -0.2) is 62.8 Å². The van der Waals surface area contributed by atoms with Crippen LogP contribution in [0.25, 0.3) is 0 Å². The van der Waals surface area contributed by atoms with Crippen molar-refractivity contribution in [1.82, 2.24) is 14.5 Å². The first-order valence-corrected chi connectivity index (χ1v) is 10.0. The molecule has 0 aliphatic carbocycles. The fourth-order valence-electron chi connectivity index (χ4n) is 3.19. The molecule has 1 N–H and O–H groups in total. The lowest BCUT2D eigenvalue weighted by Gasteiger charge is -2.29. The Morgan fingerprint density at radius 2 is 1.62 bits per heavy atom. The number of carbonyl (C=O) groups excluding carboxylic acids is 1. The van der Waals surface area contributed by atoms with E-state index in [1.54, 1.807) is 33.5 Å². The Kier molecular flexibility index (Phi) is 5.22. The molecule has 6 nitrogen and oxygen atoms in total. The molecule has 0 spiro atoms. The number of rotatable bonds is 3. The van der Waals surface area contributed by atoms with Crippen molar-refractivity contribution in [3.05, 3.63) is 29.8 Å². The highest BCUT2D eigenvalue weighted by atomic mass is 32.2. The van der Waals surface area contributed by atoms with E-state index in [1.807, 2.05) is 0 Å². The van der Waals surface area contributed by atoms with E-state index in [2.05, 4.69) is 12.2 Å². The minimum atomic E-state index is -3.45. The average molecular weight is 351 g/mol. The SMILES string of the molecule is CC1CCN(S(=O)(=O)c2ccc(C(=O)N3CCNCC3)cc2)CC1. The number of nitrogens with zero attached hydrogens (tertiary/aromatic N) is 2. The smallest absolute Gasteiger partial charge is 0.253 e. The van der Waals surface area contributed by atoms with Crippen LogP contribution in [0.3, 0.4) is 0 Å². The Morgan fingerprint density at radius 3 is 2.21 bits per heavy atom. The molecular formula is C17H25N3O3S. The van der Waals surface area contributed by atoms with E-state index in [0.717, 1.165) is 25.9 Å². The molecule has 7 heteroatoms. The highest BCUT2D eigenvalue weighted by Gasteiger charge is 2.28. The highest BCUT2D eigenvalue weighted by Crippen LogP contribution is 2.23. The second-order valence-electron chi connectivity index (χ2n) is 6.65. The van der Waals surface area contributed by atoms with E-state index in [4.69, 9.17) is 0 Å². The number of hydrogen-bond acceptors (Lipinski definition) is 4. The van der Waals surface area contributed by atoms with Crippen LogP contribution in [0.15, 0.2) is 29.2 Å². The van der Waals surface area contributed by atoms with Gasteiger partial charge < -0.3 is 10.2 Å². The number of carbonyl (C=O) groups is 1. The predicted octanol–water partition coefficient (Wildman–Crippen LogP) is 1.15. The molecule has 0 atom stereocenters. The maximum atomic E-state index is 12.7. The summed E-state index contributed by atoms with van der Waals surface area (Å²) in [6.07, 6.45) is 1.80. The van der Waals surface area contributed by atoms with Gasteiger partial charge >= 0.3 is 0 Å². The van der Waals surface area contributed by atoms with Crippen LogP contribution < -0.4 is 5.32 Å². The van der Waals surface area contributed by atoms with Gasteiger partial charge in [-0.3, -0.25) is 4.79 Å². The molecule has 1 amide bonds. The zero-order valence-corrected chi connectivity index (χ0v) is 14.9. The van der Waals surface area contributed by atoms with Gasteiger partial charge in [-0.25, -0.2) is 8.42 Å². The first kappa shape index (κ1) is 17.4. The summed E-state index contributed by atoms with van der Waals surface area (Å²) in [5, 5.41) is 3.21. The zero-order chi connectivity index (χ0) is 17.2. The second-order valence-corrected chi connectivity index (χ2v) is 8.59. The van der Waals surface area contributed by atoms with E-state index in [0.29, 0.717) is 37.7 Å². The number of piperazine rings is 1. The van der Waals surface area contributed by atoms with Gasteiger partial charge in [0, 0.05) is 44.8 Å². The minimum absolute atomic E-state index is 0.0350. The van der Waals surface area contributed by atoms with Crippen LogP contribution >= 0.6 is 0 Å². The van der Waals surface area contributed by atoms with Gasteiger partial charge in [0.15, 0.2) is 0 Å². The van der Waals surface area contributed by atoms with Crippen LogP contribution in [0.2, 0.25) is 0 Å². The number of sulfonamides is 1. The Balaban J connectivity index is 1.72. The van der Waals surface area contributed by atoms with Gasteiger partial charge in [-0.2, -0.15) is 4.31 Å². The third-order valence-corrected chi connectivity index (χ3v) is 6.80. The van der Waals surface area contributed by atoms with E-state index in [1.165, 1.54) is 0 Å². The van der Waals surface area contributed by atoms with Gasteiger partial charge in [-0.1, -0.05) is 6.92 Å². The van der Waals surface area contributed by atoms with Crippen molar-refractivity contribution in [3.8, 4) is 0 Å². The van der Waals surface area contributed by atoms with Crippen molar-refractivity contribution < 1.29 is 13.2 Å². The first-order valence-electron chi connectivity index (χ1n) is 8.58. The fraction of sp³-hybridized carbons (Fsp3) is 0.588. The topological polar surface area (TPSA) is 69.7 Å². The largest absolute Gasteiger partial charge is 0.336 e. The molecule has 0 unspecified atom stereocenters. The molecule has 0 bridgehead atoms. The Morgan fingerprint density at radius 1 is 1.04 bits per heavy atom. The summed E-state index contributed by atoms with van der Waals surface area (Å²) in [6, 6.07) is 6.37. The lowest BCUT2D eigenvalue weighted by Crippen LogP contribution is -2.46. The molecule has 132 valence electrons. The molecule has 1 aromatic carbocycles. The predicted molar refractivity (Wildman–Crippen MR) is 92.4 cm³/mol. The molecule has 1 aromatic rings. The van der Waals surface area contributed by atoms with Crippen LogP contribution in [0.5, 0.6) is 0 Å². The number of hydrogen-bond donors (Lipinski definition) is 1. The van der Waals surface area contributed by atoms with Crippen molar-refractivity contribution in [2.75, 3.05) is 39.3 Å². The van der Waals surface area contributed by atoms with Crippen molar-refractivity contribution in [2.24, 2.45) is 5.92 Å². The van der Waals surface area contributed by atoms with E-state index in [-0.39, 0.29) is 10.8 Å². The van der Waals surface area contributed by atoms with Gasteiger partial charge in [0.05, 0.1) is 4.90 Å². The molecule has 0 saturated carbocycles. The molecule has 2 aliphatic heterocycles. The van der Waals surface area contributed by atoms with E-state index in [9.17, 15) is 13.2 Å². The highest BCUT2D eigenvalue weighted by molar-refractivity contribution is 7.89. The van der Waals surface area contributed by atoms with E-state index < -0.39 is 10.0 Å². The quantitative estimate of drug-likeness (QED) is 0.887. The second kappa shape index (κ2) is 7.21. The van der Waals surface area contributed by atoms with Crippen molar-refractivity contribution in [2.45, 2.75) is 24.7 Å². The molecule has 24 heavy (non-hydrogen) atoms. The van der Waals surface area contributed by atoms with Crippen molar-refractivity contribution >= 4 is 15.9 Å². The molecular weight excluding hydrogens is 326 g/mol.